The van der Waals surface area contributed by atoms with Gasteiger partial charge >= 0.3 is 0 Å². The fourth-order valence-electron chi connectivity index (χ4n) is 2.35. The number of hydrogen-bond acceptors (Lipinski definition) is 2. The predicted octanol–water partition coefficient (Wildman–Crippen LogP) is 2.01. The molecule has 0 radical (unpaired) electrons. The van der Waals surface area contributed by atoms with Crippen molar-refractivity contribution in [3.05, 3.63) is 35.4 Å². The third kappa shape index (κ3) is 3.33. The number of fused-ring (bicyclic) bond motifs is 1. The van der Waals surface area contributed by atoms with E-state index < -0.39 is 0 Å². The number of carbonyl (C=O) groups excluding carboxylic acids is 1. The molecule has 0 fully saturated rings. The first kappa shape index (κ1) is 13.1. The fourth-order valence-corrected chi connectivity index (χ4v) is 2.35. The Bertz CT molecular complexity index is 403. The van der Waals surface area contributed by atoms with Crippen LogP contribution in [0.25, 0.3) is 0 Å². The Labute approximate surface area is 109 Å². The minimum atomic E-state index is -0.0680. The van der Waals surface area contributed by atoms with Crippen LogP contribution in [0, 0.1) is 0 Å². The van der Waals surface area contributed by atoms with Gasteiger partial charge < -0.3 is 10.6 Å². The van der Waals surface area contributed by atoms with Gasteiger partial charge in [-0.25, -0.2) is 0 Å². The smallest absolute Gasteiger partial charge is 0.237 e. The normalized spacial score (nSPS) is 18.2. The van der Waals surface area contributed by atoms with Crippen LogP contribution in [0.3, 0.4) is 0 Å². The van der Waals surface area contributed by atoms with E-state index in [0.717, 1.165) is 25.9 Å². The zero-order valence-corrected chi connectivity index (χ0v) is 11.0. The lowest BCUT2D eigenvalue weighted by molar-refractivity contribution is -0.123. The van der Waals surface area contributed by atoms with Crippen molar-refractivity contribution in [2.75, 3.05) is 6.54 Å². The Morgan fingerprint density at radius 1 is 1.33 bits per heavy atom. The number of unbranched alkanes of at least 4 members (excludes halogenated alkanes) is 2. The highest BCUT2D eigenvalue weighted by Crippen LogP contribution is 2.16. The zero-order chi connectivity index (χ0) is 12.8. The summed E-state index contributed by atoms with van der Waals surface area (Å²) in [6.07, 6.45) is 4.24. The van der Waals surface area contributed by atoms with Gasteiger partial charge in [-0.1, -0.05) is 44.0 Å². The average Bonchev–Trinajstić information content (AvgIpc) is 2.43. The molecule has 18 heavy (non-hydrogen) atoms. The maximum absolute atomic E-state index is 12.0. The van der Waals surface area contributed by atoms with Gasteiger partial charge in [0.1, 0.15) is 0 Å². The van der Waals surface area contributed by atoms with Gasteiger partial charge in [0.15, 0.2) is 0 Å². The van der Waals surface area contributed by atoms with Crippen LogP contribution in [-0.4, -0.2) is 18.5 Å². The van der Waals surface area contributed by atoms with Gasteiger partial charge in [0.05, 0.1) is 6.04 Å². The summed E-state index contributed by atoms with van der Waals surface area (Å²) in [7, 11) is 0. The number of benzene rings is 1. The number of hydrogen-bond donors (Lipinski definition) is 2. The van der Waals surface area contributed by atoms with E-state index in [4.69, 9.17) is 0 Å². The Hall–Kier alpha value is -1.35. The topological polar surface area (TPSA) is 41.1 Å². The highest BCUT2D eigenvalue weighted by atomic mass is 16.2. The lowest BCUT2D eigenvalue weighted by Crippen LogP contribution is -2.47. The Morgan fingerprint density at radius 3 is 2.89 bits per heavy atom. The summed E-state index contributed by atoms with van der Waals surface area (Å²) in [5.74, 6) is 0.139. The lowest BCUT2D eigenvalue weighted by atomic mass is 9.95. The minimum absolute atomic E-state index is 0.0680. The molecule has 1 heterocycles. The quantitative estimate of drug-likeness (QED) is 0.780. The van der Waals surface area contributed by atoms with E-state index in [1.54, 1.807) is 0 Å². The molecule has 1 aromatic carbocycles. The highest BCUT2D eigenvalue weighted by molar-refractivity contribution is 5.82. The maximum atomic E-state index is 12.0. The van der Waals surface area contributed by atoms with E-state index in [1.165, 1.54) is 24.0 Å². The largest absolute Gasteiger partial charge is 0.355 e. The van der Waals surface area contributed by atoms with Gasteiger partial charge in [-0.15, -0.1) is 0 Å². The molecule has 1 unspecified atom stereocenters. The van der Waals surface area contributed by atoms with Crippen LogP contribution >= 0.6 is 0 Å². The first-order chi connectivity index (χ1) is 8.81. The molecule has 0 bridgehead atoms. The fraction of sp³-hybridized carbons (Fsp3) is 0.533. The SMILES string of the molecule is CCCCCNC(=O)C1Cc2ccccc2CN1. The Balaban J connectivity index is 1.83. The first-order valence-electron chi connectivity index (χ1n) is 6.89. The van der Waals surface area contributed by atoms with E-state index in [9.17, 15) is 4.79 Å². The molecule has 0 saturated heterocycles. The van der Waals surface area contributed by atoms with Crippen LogP contribution < -0.4 is 10.6 Å². The second kappa shape index (κ2) is 6.55. The molecule has 2 N–H and O–H groups in total. The molecule has 1 aromatic rings. The van der Waals surface area contributed by atoms with Gasteiger partial charge in [0, 0.05) is 13.1 Å². The molecular formula is C15H22N2O. The number of rotatable bonds is 5. The molecule has 98 valence electrons. The molecule has 0 saturated carbocycles. The van der Waals surface area contributed by atoms with Gasteiger partial charge in [0.2, 0.25) is 5.91 Å². The van der Waals surface area contributed by atoms with Gasteiger partial charge in [0.25, 0.3) is 0 Å². The molecule has 0 spiro atoms. The van der Waals surface area contributed by atoms with E-state index in [2.05, 4.69) is 29.7 Å². The monoisotopic (exact) mass is 246 g/mol. The predicted molar refractivity (Wildman–Crippen MR) is 73.3 cm³/mol. The van der Waals surface area contributed by atoms with Crippen molar-refractivity contribution in [2.45, 2.75) is 45.2 Å². The summed E-state index contributed by atoms with van der Waals surface area (Å²) >= 11 is 0. The van der Waals surface area contributed by atoms with Crippen molar-refractivity contribution in [3.8, 4) is 0 Å². The van der Waals surface area contributed by atoms with Gasteiger partial charge in [-0.05, 0) is 24.0 Å². The summed E-state index contributed by atoms with van der Waals surface area (Å²) in [5.41, 5.74) is 2.61. The average molecular weight is 246 g/mol. The van der Waals surface area contributed by atoms with Crippen LogP contribution in [0.4, 0.5) is 0 Å². The lowest BCUT2D eigenvalue weighted by Gasteiger charge is -2.25. The van der Waals surface area contributed by atoms with E-state index in [-0.39, 0.29) is 11.9 Å². The van der Waals surface area contributed by atoms with Crippen molar-refractivity contribution in [1.82, 2.24) is 10.6 Å². The zero-order valence-electron chi connectivity index (χ0n) is 11.0. The number of amides is 1. The second-order valence-electron chi connectivity index (χ2n) is 4.90. The van der Waals surface area contributed by atoms with Gasteiger partial charge in [-0.3, -0.25) is 4.79 Å². The summed E-state index contributed by atoms with van der Waals surface area (Å²) in [4.78, 5) is 12.0. The van der Waals surface area contributed by atoms with Crippen molar-refractivity contribution in [3.63, 3.8) is 0 Å². The highest BCUT2D eigenvalue weighted by Gasteiger charge is 2.23. The van der Waals surface area contributed by atoms with Crippen molar-refractivity contribution in [1.29, 1.82) is 0 Å². The van der Waals surface area contributed by atoms with Crippen molar-refractivity contribution < 1.29 is 4.79 Å². The molecule has 1 amide bonds. The number of carbonyl (C=O) groups is 1. The van der Waals surface area contributed by atoms with Crippen LogP contribution in [-0.2, 0) is 17.8 Å². The number of nitrogens with one attached hydrogen (secondary N) is 2. The molecule has 1 aliphatic heterocycles. The second-order valence-corrected chi connectivity index (χ2v) is 4.90. The Kier molecular flexibility index (Phi) is 4.76. The van der Waals surface area contributed by atoms with Crippen LogP contribution in [0.15, 0.2) is 24.3 Å². The summed E-state index contributed by atoms with van der Waals surface area (Å²) in [6, 6.07) is 8.26. The molecule has 1 atom stereocenters. The molecule has 0 aliphatic carbocycles. The first-order valence-corrected chi connectivity index (χ1v) is 6.89. The molecule has 1 aliphatic rings. The van der Waals surface area contributed by atoms with Crippen molar-refractivity contribution >= 4 is 5.91 Å². The van der Waals surface area contributed by atoms with E-state index in [0.29, 0.717) is 0 Å². The van der Waals surface area contributed by atoms with E-state index in [1.807, 2.05) is 12.1 Å². The van der Waals surface area contributed by atoms with Crippen LogP contribution in [0.2, 0.25) is 0 Å². The van der Waals surface area contributed by atoms with Gasteiger partial charge in [-0.2, -0.15) is 0 Å². The third-order valence-electron chi connectivity index (χ3n) is 3.48. The van der Waals surface area contributed by atoms with Crippen LogP contribution in [0.1, 0.15) is 37.3 Å². The molecule has 0 aromatic heterocycles. The molecule has 2 rings (SSSR count). The minimum Gasteiger partial charge on any atom is -0.355 e. The van der Waals surface area contributed by atoms with Crippen LogP contribution in [0.5, 0.6) is 0 Å². The third-order valence-corrected chi connectivity index (χ3v) is 3.48. The summed E-state index contributed by atoms with van der Waals surface area (Å²) < 4.78 is 0. The summed E-state index contributed by atoms with van der Waals surface area (Å²) in [6.45, 7) is 3.76. The molecule has 3 heteroatoms. The van der Waals surface area contributed by atoms with Crippen molar-refractivity contribution in [2.24, 2.45) is 0 Å². The van der Waals surface area contributed by atoms with E-state index >= 15 is 0 Å². The molecular weight excluding hydrogens is 224 g/mol. The Morgan fingerprint density at radius 2 is 2.11 bits per heavy atom. The standard InChI is InChI=1S/C15H22N2O/c1-2-3-6-9-16-15(18)14-10-12-7-4-5-8-13(12)11-17-14/h4-5,7-8,14,17H,2-3,6,9-11H2,1H3,(H,16,18). The maximum Gasteiger partial charge on any atom is 0.237 e. The molecule has 3 nitrogen and oxygen atoms in total. The summed E-state index contributed by atoms with van der Waals surface area (Å²) in [5, 5.41) is 6.32.